The van der Waals surface area contributed by atoms with Gasteiger partial charge in [-0.3, -0.25) is 14.9 Å². The Balaban J connectivity index is 1.03. The summed E-state index contributed by atoms with van der Waals surface area (Å²) in [4.78, 5) is 16.6. The number of ether oxygens (including phenoxy) is 3. The molecule has 3 fully saturated rings. The van der Waals surface area contributed by atoms with Crippen LogP contribution in [-0.2, 0) is 26.4 Å². The number of hydrogen-bond acceptors (Lipinski definition) is 10. The fourth-order valence-corrected chi connectivity index (χ4v) is 7.08. The van der Waals surface area contributed by atoms with E-state index in [1.807, 2.05) is 26.2 Å². The van der Waals surface area contributed by atoms with Crippen molar-refractivity contribution in [1.29, 1.82) is 5.26 Å². The SMILES string of the molecule is Bc1ccc2c(N3C[C@H](CN4CC5(C4)OCc4cc(N6C[C@@H](N)[C@H](OC)C6)cnc45)O[C@H](C)C3)ccc(C#N)c2n1. The summed E-state index contributed by atoms with van der Waals surface area (Å²) in [6.07, 6.45) is 2.16. The van der Waals surface area contributed by atoms with E-state index in [0.29, 0.717) is 12.2 Å². The monoisotopic (exact) mass is 553 g/mol. The average molecular weight is 553 g/mol. The van der Waals surface area contributed by atoms with E-state index in [1.54, 1.807) is 7.11 Å². The molecule has 11 heteroatoms. The molecule has 0 bridgehead atoms. The van der Waals surface area contributed by atoms with E-state index in [9.17, 15) is 5.26 Å². The predicted octanol–water partition coefficient (Wildman–Crippen LogP) is 0.257. The van der Waals surface area contributed by atoms with Gasteiger partial charge in [-0.15, -0.1) is 0 Å². The van der Waals surface area contributed by atoms with Crippen molar-refractivity contribution in [2.24, 2.45) is 5.73 Å². The summed E-state index contributed by atoms with van der Waals surface area (Å²) in [5, 5.41) is 10.6. The van der Waals surface area contributed by atoms with E-state index in [0.717, 1.165) is 79.4 Å². The number of nitrogens with zero attached hydrogens (tertiary/aromatic N) is 6. The maximum atomic E-state index is 9.63. The van der Waals surface area contributed by atoms with Crippen LogP contribution in [0.3, 0.4) is 0 Å². The van der Waals surface area contributed by atoms with Crippen LogP contribution in [0, 0.1) is 11.3 Å². The van der Waals surface area contributed by atoms with E-state index < -0.39 is 0 Å². The lowest BCUT2D eigenvalue weighted by molar-refractivity contribution is -0.157. The third-order valence-electron chi connectivity index (χ3n) is 9.05. The van der Waals surface area contributed by atoms with Gasteiger partial charge < -0.3 is 29.7 Å². The van der Waals surface area contributed by atoms with E-state index in [2.05, 4.69) is 50.9 Å². The molecule has 2 aromatic heterocycles. The Hall–Kier alpha value is -3.27. The first kappa shape index (κ1) is 26.6. The van der Waals surface area contributed by atoms with Crippen LogP contribution in [-0.4, -0.2) is 100.0 Å². The van der Waals surface area contributed by atoms with Gasteiger partial charge in [-0.25, -0.2) is 0 Å². The molecule has 0 aliphatic carbocycles. The molecule has 1 spiro atoms. The quantitative estimate of drug-likeness (QED) is 0.442. The zero-order chi connectivity index (χ0) is 28.3. The van der Waals surface area contributed by atoms with Crippen molar-refractivity contribution in [3.8, 4) is 6.07 Å². The number of likely N-dealkylation sites (tertiary alicyclic amines) is 1. The molecule has 0 radical (unpaired) electrons. The molecular formula is C30H36BN7O3. The van der Waals surface area contributed by atoms with E-state index in [4.69, 9.17) is 24.9 Å². The van der Waals surface area contributed by atoms with Crippen molar-refractivity contribution >= 4 is 35.7 Å². The summed E-state index contributed by atoms with van der Waals surface area (Å²) in [5.74, 6) is 0. The van der Waals surface area contributed by atoms with Gasteiger partial charge in [0.05, 0.1) is 59.6 Å². The summed E-state index contributed by atoms with van der Waals surface area (Å²) in [6.45, 7) is 8.29. The molecule has 4 aliphatic rings. The molecule has 2 N–H and O–H groups in total. The molecule has 0 unspecified atom stereocenters. The summed E-state index contributed by atoms with van der Waals surface area (Å²) in [7, 11) is 3.68. The molecule has 6 heterocycles. The van der Waals surface area contributed by atoms with E-state index in [1.165, 1.54) is 5.56 Å². The van der Waals surface area contributed by atoms with Crippen LogP contribution < -0.4 is 21.1 Å². The molecule has 3 saturated heterocycles. The maximum absolute atomic E-state index is 9.63. The molecule has 0 amide bonds. The highest BCUT2D eigenvalue weighted by Gasteiger charge is 2.52. The van der Waals surface area contributed by atoms with Gasteiger partial charge >= 0.3 is 0 Å². The Morgan fingerprint density at radius 3 is 2.80 bits per heavy atom. The second-order valence-electron chi connectivity index (χ2n) is 12.1. The maximum Gasteiger partial charge on any atom is 0.163 e. The Kier molecular flexibility index (Phi) is 6.64. The lowest BCUT2D eigenvalue weighted by Gasteiger charge is -2.49. The number of anilines is 2. The number of morpholine rings is 1. The summed E-state index contributed by atoms with van der Waals surface area (Å²) in [6, 6.07) is 12.6. The van der Waals surface area contributed by atoms with Crippen LogP contribution in [0.5, 0.6) is 0 Å². The van der Waals surface area contributed by atoms with Crippen LogP contribution in [0.4, 0.5) is 11.4 Å². The number of hydrogen-bond donors (Lipinski definition) is 1. The summed E-state index contributed by atoms with van der Waals surface area (Å²) >= 11 is 0. The minimum Gasteiger partial charge on any atom is -0.378 e. The molecule has 3 aromatic rings. The van der Waals surface area contributed by atoms with Crippen LogP contribution in [0.2, 0.25) is 0 Å². The number of benzene rings is 1. The van der Waals surface area contributed by atoms with E-state index >= 15 is 0 Å². The number of nitrogens with two attached hydrogens (primary N) is 1. The number of fused-ring (bicyclic) bond motifs is 3. The Morgan fingerprint density at radius 1 is 1.17 bits per heavy atom. The van der Waals surface area contributed by atoms with Gasteiger partial charge in [-0.2, -0.15) is 5.26 Å². The van der Waals surface area contributed by atoms with Gasteiger partial charge in [0.15, 0.2) is 7.85 Å². The van der Waals surface area contributed by atoms with Gasteiger partial charge in [0.1, 0.15) is 11.7 Å². The molecule has 212 valence electrons. The first-order chi connectivity index (χ1) is 19.9. The van der Waals surface area contributed by atoms with Crippen molar-refractivity contribution in [2.75, 3.05) is 62.7 Å². The lowest BCUT2D eigenvalue weighted by atomic mass is 9.88. The van der Waals surface area contributed by atoms with Crippen molar-refractivity contribution in [1.82, 2.24) is 14.9 Å². The minimum absolute atomic E-state index is 0.00758. The van der Waals surface area contributed by atoms with Gasteiger partial charge in [-0.05, 0) is 36.8 Å². The Bertz CT molecular complexity index is 1520. The third-order valence-corrected chi connectivity index (χ3v) is 9.05. The molecule has 10 nitrogen and oxygen atoms in total. The van der Waals surface area contributed by atoms with Crippen LogP contribution in [0.15, 0.2) is 36.5 Å². The van der Waals surface area contributed by atoms with Crippen LogP contribution in [0.1, 0.15) is 23.7 Å². The van der Waals surface area contributed by atoms with E-state index in [-0.39, 0.29) is 30.0 Å². The molecular weight excluding hydrogens is 517 g/mol. The fraction of sp³-hybridized carbons (Fsp3) is 0.500. The zero-order valence-corrected chi connectivity index (χ0v) is 23.9. The summed E-state index contributed by atoms with van der Waals surface area (Å²) in [5.41, 5.74) is 12.6. The molecule has 4 atom stereocenters. The standard InChI is InChI=1S/C30H36BN7O3/c1-18-10-38(25-5-3-19(8-32)28-23(25)4-6-27(31)35-28)12-22(41-18)11-36-16-30(17-36)29-20(15-40-30)7-21(9-34-29)37-13-24(33)26(14-37)39-2/h3-7,9,18,22,24,26H,10-17,31,33H2,1-2H3/t18-,22+,24-,26-/m1/s1. The molecule has 4 aliphatic heterocycles. The number of methoxy groups -OCH3 is 1. The molecule has 41 heavy (non-hydrogen) atoms. The lowest BCUT2D eigenvalue weighted by Crippen LogP contribution is -2.62. The third kappa shape index (κ3) is 4.64. The van der Waals surface area contributed by atoms with Crippen LogP contribution in [0.25, 0.3) is 10.9 Å². The highest BCUT2D eigenvalue weighted by molar-refractivity contribution is 6.31. The second kappa shape index (κ2) is 10.2. The van der Waals surface area contributed by atoms with Crippen molar-refractivity contribution in [3.05, 3.63) is 53.3 Å². The van der Waals surface area contributed by atoms with Gasteiger partial charge in [0, 0.05) is 69.6 Å². The first-order valence-corrected chi connectivity index (χ1v) is 14.5. The smallest absolute Gasteiger partial charge is 0.163 e. The molecule has 1 aromatic carbocycles. The molecule has 0 saturated carbocycles. The Labute approximate surface area is 241 Å². The predicted molar refractivity (Wildman–Crippen MR) is 159 cm³/mol. The zero-order valence-electron chi connectivity index (χ0n) is 23.9. The van der Waals surface area contributed by atoms with Gasteiger partial charge in [0.25, 0.3) is 0 Å². The van der Waals surface area contributed by atoms with Gasteiger partial charge in [0.2, 0.25) is 0 Å². The number of pyridine rings is 2. The topological polar surface area (TPSA) is 113 Å². The number of rotatable bonds is 5. The average Bonchev–Trinajstić information content (AvgIpc) is 3.52. The normalized spacial score (nSPS) is 27.3. The molecule has 7 rings (SSSR count). The fourth-order valence-electron chi connectivity index (χ4n) is 7.08. The minimum atomic E-state index is -0.336. The largest absolute Gasteiger partial charge is 0.378 e. The van der Waals surface area contributed by atoms with Gasteiger partial charge in [-0.1, -0.05) is 6.07 Å². The second-order valence-corrected chi connectivity index (χ2v) is 12.1. The number of aromatic nitrogens is 2. The number of nitriles is 1. The first-order valence-electron chi connectivity index (χ1n) is 14.5. The highest BCUT2D eigenvalue weighted by atomic mass is 16.5. The van der Waals surface area contributed by atoms with Crippen molar-refractivity contribution in [2.45, 2.75) is 43.5 Å². The van der Waals surface area contributed by atoms with Crippen molar-refractivity contribution in [3.63, 3.8) is 0 Å². The Morgan fingerprint density at radius 2 is 2.02 bits per heavy atom. The van der Waals surface area contributed by atoms with Crippen LogP contribution >= 0.6 is 0 Å². The summed E-state index contributed by atoms with van der Waals surface area (Å²) < 4.78 is 18.3. The van der Waals surface area contributed by atoms with Crippen molar-refractivity contribution < 1.29 is 14.2 Å². The highest BCUT2D eigenvalue weighted by Crippen LogP contribution is 2.43.